The van der Waals surface area contributed by atoms with Crippen LogP contribution < -0.4 is 10.1 Å². The number of pyridine rings is 1. The van der Waals surface area contributed by atoms with Gasteiger partial charge in [-0.2, -0.15) is 18.3 Å². The van der Waals surface area contributed by atoms with Crippen LogP contribution in [0.2, 0.25) is 0 Å². The average molecular weight is 535 g/mol. The van der Waals surface area contributed by atoms with Gasteiger partial charge >= 0.3 is 6.18 Å². The number of carbonyl (C=O) groups excluding carboxylic acids is 1. The number of carbonyl (C=O) groups is 1. The van der Waals surface area contributed by atoms with E-state index in [0.717, 1.165) is 30.2 Å². The van der Waals surface area contributed by atoms with E-state index in [1.807, 2.05) is 18.2 Å². The van der Waals surface area contributed by atoms with Crippen LogP contribution in [0.1, 0.15) is 42.4 Å². The zero-order valence-corrected chi connectivity index (χ0v) is 21.5. The van der Waals surface area contributed by atoms with Gasteiger partial charge in [0.2, 0.25) is 11.8 Å². The number of aromatic nitrogens is 3. The molecule has 0 fully saturated rings. The highest BCUT2D eigenvalue weighted by molar-refractivity contribution is 6.00. The Labute approximate surface area is 224 Å². The lowest BCUT2D eigenvalue weighted by Gasteiger charge is -2.19. The second-order valence-corrected chi connectivity index (χ2v) is 8.93. The van der Waals surface area contributed by atoms with Crippen molar-refractivity contribution in [3.8, 4) is 5.88 Å². The van der Waals surface area contributed by atoms with Crippen molar-refractivity contribution < 1.29 is 22.7 Å². The molecular formula is C30H29F3N4O2. The van der Waals surface area contributed by atoms with E-state index in [0.29, 0.717) is 34.8 Å². The Hall–Kier alpha value is -4.40. The van der Waals surface area contributed by atoms with E-state index in [1.54, 1.807) is 68.0 Å². The van der Waals surface area contributed by atoms with Crippen LogP contribution in [-0.2, 0) is 4.79 Å². The van der Waals surface area contributed by atoms with Crippen LogP contribution in [0, 0.1) is 0 Å². The van der Waals surface area contributed by atoms with Gasteiger partial charge in [0.25, 0.3) is 0 Å². The average Bonchev–Trinajstić information content (AvgIpc) is 3.41. The normalized spacial score (nSPS) is 12.5. The maximum absolute atomic E-state index is 13.9. The molecule has 9 heteroatoms. The summed E-state index contributed by atoms with van der Waals surface area (Å²) in [4.78, 5) is 15.6. The number of nitrogens with one attached hydrogen (secondary N) is 2. The minimum Gasteiger partial charge on any atom is -0.478 e. The molecule has 6 nitrogen and oxygen atoms in total. The van der Waals surface area contributed by atoms with Gasteiger partial charge in [-0.25, -0.2) is 4.98 Å². The Morgan fingerprint density at radius 2 is 1.79 bits per heavy atom. The lowest BCUT2D eigenvalue weighted by Crippen LogP contribution is -2.13. The summed E-state index contributed by atoms with van der Waals surface area (Å²) >= 11 is 0. The van der Waals surface area contributed by atoms with Crippen LogP contribution in [0.4, 0.5) is 13.2 Å². The number of ether oxygens (including phenoxy) is 1. The Morgan fingerprint density at radius 3 is 2.51 bits per heavy atom. The first-order valence-corrected chi connectivity index (χ1v) is 12.6. The van der Waals surface area contributed by atoms with Crippen LogP contribution in [0.15, 0.2) is 85.2 Å². The number of H-pyrrole nitrogens is 1. The van der Waals surface area contributed by atoms with Gasteiger partial charge in [-0.1, -0.05) is 42.5 Å². The third kappa shape index (κ3) is 7.80. The van der Waals surface area contributed by atoms with Crippen molar-refractivity contribution in [3.05, 3.63) is 102 Å². The Balaban J connectivity index is 1.61. The van der Waals surface area contributed by atoms with E-state index in [1.165, 1.54) is 6.08 Å². The summed E-state index contributed by atoms with van der Waals surface area (Å²) in [6.07, 6.45) is 3.35. The highest BCUT2D eigenvalue weighted by atomic mass is 19.4. The molecule has 2 N–H and O–H groups in total. The summed E-state index contributed by atoms with van der Waals surface area (Å²) in [6.45, 7) is 0.434. The first-order valence-electron chi connectivity index (χ1n) is 12.6. The Kier molecular flexibility index (Phi) is 9.14. The summed E-state index contributed by atoms with van der Waals surface area (Å²) < 4.78 is 47.3. The number of nitrogens with zero attached hydrogens (tertiary/aromatic N) is 2. The van der Waals surface area contributed by atoms with Gasteiger partial charge in [-0.15, -0.1) is 0 Å². The molecule has 2 aromatic heterocycles. The predicted molar refractivity (Wildman–Crippen MR) is 146 cm³/mol. The third-order valence-corrected chi connectivity index (χ3v) is 6.09. The van der Waals surface area contributed by atoms with Crippen molar-refractivity contribution >= 4 is 28.0 Å². The number of rotatable bonds is 11. The second-order valence-electron chi connectivity index (χ2n) is 8.93. The van der Waals surface area contributed by atoms with Gasteiger partial charge < -0.3 is 10.1 Å². The highest BCUT2D eigenvalue weighted by Gasteiger charge is 2.31. The van der Waals surface area contributed by atoms with Crippen molar-refractivity contribution in [2.45, 2.75) is 31.9 Å². The van der Waals surface area contributed by atoms with Gasteiger partial charge in [0, 0.05) is 30.3 Å². The van der Waals surface area contributed by atoms with Crippen LogP contribution in [-0.4, -0.2) is 40.9 Å². The molecule has 0 saturated heterocycles. The molecule has 2 heterocycles. The van der Waals surface area contributed by atoms with E-state index in [9.17, 15) is 18.0 Å². The quantitative estimate of drug-likeness (QED) is 0.127. The van der Waals surface area contributed by atoms with Crippen LogP contribution >= 0.6 is 0 Å². The molecule has 4 aromatic rings. The molecule has 0 aliphatic heterocycles. The van der Waals surface area contributed by atoms with Crippen molar-refractivity contribution in [3.63, 3.8) is 0 Å². The number of halogens is 3. The van der Waals surface area contributed by atoms with E-state index in [2.05, 4.69) is 20.5 Å². The van der Waals surface area contributed by atoms with Gasteiger partial charge in [0.15, 0.2) is 0 Å². The molecule has 4 rings (SSSR count). The maximum Gasteiger partial charge on any atom is 0.393 e. The van der Waals surface area contributed by atoms with Crippen molar-refractivity contribution in [2.75, 3.05) is 13.7 Å². The fraction of sp³-hybridized carbons (Fsp3) is 0.233. The van der Waals surface area contributed by atoms with Crippen LogP contribution in [0.3, 0.4) is 0 Å². The number of allylic oxidation sites excluding steroid dienone is 2. The number of benzene rings is 2. The number of fused-ring (bicyclic) bond motifs is 1. The second kappa shape index (κ2) is 12.9. The number of unbranched alkanes of at least 4 members (excludes halogenated alkanes) is 2. The molecular weight excluding hydrogens is 505 g/mol. The summed E-state index contributed by atoms with van der Waals surface area (Å²) in [5, 5.41) is 10.2. The summed E-state index contributed by atoms with van der Waals surface area (Å²) in [5.74, 6) is 0.251. The van der Waals surface area contributed by atoms with E-state index >= 15 is 0 Å². The smallest absolute Gasteiger partial charge is 0.393 e. The zero-order chi connectivity index (χ0) is 27.7. The molecule has 0 bridgehead atoms. The minimum absolute atomic E-state index is 0.140. The highest BCUT2D eigenvalue weighted by Crippen LogP contribution is 2.39. The molecule has 0 spiro atoms. The number of likely N-dealkylation sites (N-methyl/N-ethyl adjacent to an activating group) is 1. The third-order valence-electron chi connectivity index (χ3n) is 6.09. The fourth-order valence-electron chi connectivity index (χ4n) is 4.22. The lowest BCUT2D eigenvalue weighted by atomic mass is 9.88. The number of hydrogen-bond donors (Lipinski definition) is 2. The Bertz CT molecular complexity index is 1440. The van der Waals surface area contributed by atoms with Crippen LogP contribution in [0.25, 0.3) is 22.0 Å². The largest absolute Gasteiger partial charge is 0.478 e. The Morgan fingerprint density at radius 1 is 1.00 bits per heavy atom. The van der Waals surface area contributed by atoms with Gasteiger partial charge in [-0.05, 0) is 65.8 Å². The van der Waals surface area contributed by atoms with Crippen LogP contribution in [0.5, 0.6) is 5.88 Å². The van der Waals surface area contributed by atoms with Gasteiger partial charge in [-0.3, -0.25) is 9.89 Å². The van der Waals surface area contributed by atoms with E-state index < -0.39 is 12.6 Å². The molecule has 1 amide bonds. The standard InChI is InChI=1S/C30H29F3N4O2/c1-34-27(38)11-7-2-3-8-16-39-28-15-13-23(19-35-28)29(22-12-14-26-24(17-22)20-36-37-26)25(18-30(31,32)33)21-9-5-4-6-10-21/h4-7,9-15,17,19-20H,2-3,8,16,18H2,1H3,(H,34,38)(H,36,37)/b11-7+,29-25-. The summed E-state index contributed by atoms with van der Waals surface area (Å²) in [6, 6.07) is 17.4. The predicted octanol–water partition coefficient (Wildman–Crippen LogP) is 6.72. The molecule has 0 aliphatic rings. The molecule has 0 radical (unpaired) electrons. The van der Waals surface area contributed by atoms with E-state index in [-0.39, 0.29) is 11.5 Å². The zero-order valence-electron chi connectivity index (χ0n) is 21.5. The number of amides is 1. The SMILES string of the molecule is CNC(=O)/C=C/CCCCOc1ccc(/C(=C(/CC(F)(F)F)c2ccccc2)c2ccc3[nH]ncc3c2)cn1. The van der Waals surface area contributed by atoms with Crippen molar-refractivity contribution in [1.82, 2.24) is 20.5 Å². The van der Waals surface area contributed by atoms with Crippen molar-refractivity contribution in [2.24, 2.45) is 0 Å². The number of hydrogen-bond acceptors (Lipinski definition) is 4. The molecule has 2 aromatic carbocycles. The molecule has 39 heavy (non-hydrogen) atoms. The lowest BCUT2D eigenvalue weighted by molar-refractivity contribution is -0.123. The first-order chi connectivity index (χ1) is 18.8. The van der Waals surface area contributed by atoms with E-state index in [4.69, 9.17) is 4.74 Å². The van der Waals surface area contributed by atoms with Gasteiger partial charge in [0.1, 0.15) is 0 Å². The summed E-state index contributed by atoms with van der Waals surface area (Å²) in [7, 11) is 1.58. The molecule has 0 saturated carbocycles. The molecule has 0 unspecified atom stereocenters. The maximum atomic E-state index is 13.9. The fourth-order valence-corrected chi connectivity index (χ4v) is 4.22. The molecule has 0 atom stereocenters. The molecule has 0 aliphatic carbocycles. The number of alkyl halides is 3. The number of aromatic amines is 1. The van der Waals surface area contributed by atoms with Gasteiger partial charge in [0.05, 0.1) is 24.7 Å². The first kappa shape index (κ1) is 27.6. The molecule has 202 valence electrons. The topological polar surface area (TPSA) is 79.9 Å². The van der Waals surface area contributed by atoms with Crippen molar-refractivity contribution in [1.29, 1.82) is 0 Å². The minimum atomic E-state index is -4.41. The summed E-state index contributed by atoms with van der Waals surface area (Å²) in [5.41, 5.74) is 3.07. The monoisotopic (exact) mass is 534 g/mol.